The van der Waals surface area contributed by atoms with Gasteiger partial charge in [-0.1, -0.05) is 24.3 Å². The zero-order chi connectivity index (χ0) is 19.3. The second-order valence-electron chi connectivity index (χ2n) is 6.91. The van der Waals surface area contributed by atoms with Gasteiger partial charge >= 0.3 is 6.18 Å². The van der Waals surface area contributed by atoms with Crippen molar-refractivity contribution in [2.24, 2.45) is 5.41 Å². The molecule has 1 heterocycles. The van der Waals surface area contributed by atoms with E-state index in [1.807, 2.05) is 0 Å². The summed E-state index contributed by atoms with van der Waals surface area (Å²) in [6.45, 7) is 2.91. The van der Waals surface area contributed by atoms with Crippen molar-refractivity contribution >= 4 is 22.4 Å². The predicted octanol–water partition coefficient (Wildman–Crippen LogP) is 3.72. The van der Waals surface area contributed by atoms with Gasteiger partial charge in [-0.05, 0) is 30.2 Å². The van der Waals surface area contributed by atoms with Crippen molar-refractivity contribution in [1.82, 2.24) is 10.4 Å². The number of carbonyl (C=O) groups is 1. The van der Waals surface area contributed by atoms with E-state index in [-0.39, 0.29) is 17.5 Å². The first-order chi connectivity index (χ1) is 12.0. The summed E-state index contributed by atoms with van der Waals surface area (Å²) in [5.41, 5.74) is 0.571. The molecule has 1 amide bonds. The Morgan fingerprint density at radius 1 is 1.27 bits per heavy atom. The summed E-state index contributed by atoms with van der Waals surface area (Å²) in [5, 5.41) is 12.6. The largest absolute Gasteiger partial charge is 0.409 e. The molecule has 0 aliphatic carbocycles. The van der Waals surface area contributed by atoms with E-state index in [0.29, 0.717) is 5.39 Å². The molecule has 0 saturated carbocycles. The smallest absolute Gasteiger partial charge is 0.287 e. The number of carbonyl (C=O) groups excluding carboxylic acids is 1. The highest BCUT2D eigenvalue weighted by Gasteiger charge is 2.51. The molecule has 0 bridgehead atoms. The van der Waals surface area contributed by atoms with Crippen LogP contribution in [-0.4, -0.2) is 28.6 Å². The predicted molar refractivity (Wildman–Crippen MR) is 88.0 cm³/mol. The Labute approximate surface area is 146 Å². The van der Waals surface area contributed by atoms with Crippen LogP contribution < -0.4 is 5.43 Å². The summed E-state index contributed by atoms with van der Waals surface area (Å²) in [5.74, 6) is -0.526. The SMILES string of the molecule is CC1(C)CN(C(c2cc([N+](=O)[O-])cc3ccccc23)C(F)(F)F)NC1=O. The van der Waals surface area contributed by atoms with Gasteiger partial charge in [0.2, 0.25) is 5.91 Å². The summed E-state index contributed by atoms with van der Waals surface area (Å²) >= 11 is 0. The molecule has 9 heteroatoms. The highest BCUT2D eigenvalue weighted by Crippen LogP contribution is 2.43. The molecule has 6 nitrogen and oxygen atoms in total. The van der Waals surface area contributed by atoms with Crippen molar-refractivity contribution in [3.8, 4) is 0 Å². The second kappa shape index (κ2) is 5.94. The normalized spacial score (nSPS) is 18.7. The lowest BCUT2D eigenvalue weighted by molar-refractivity contribution is -0.384. The van der Waals surface area contributed by atoms with Crippen molar-refractivity contribution in [3.63, 3.8) is 0 Å². The number of nitrogens with one attached hydrogen (secondary N) is 1. The van der Waals surface area contributed by atoms with Crippen LogP contribution in [0.1, 0.15) is 25.5 Å². The van der Waals surface area contributed by atoms with Crippen LogP contribution in [0.5, 0.6) is 0 Å². The van der Waals surface area contributed by atoms with Crippen LogP contribution in [0.2, 0.25) is 0 Å². The van der Waals surface area contributed by atoms with Crippen LogP contribution in [0.3, 0.4) is 0 Å². The van der Waals surface area contributed by atoms with Gasteiger partial charge in [-0.15, -0.1) is 0 Å². The van der Waals surface area contributed by atoms with E-state index in [9.17, 15) is 28.1 Å². The van der Waals surface area contributed by atoms with E-state index >= 15 is 0 Å². The third-order valence-electron chi connectivity index (χ3n) is 4.43. The number of nitro groups is 1. The molecule has 0 radical (unpaired) electrons. The maximum absolute atomic E-state index is 13.9. The van der Waals surface area contributed by atoms with Gasteiger partial charge in [0.05, 0.1) is 10.3 Å². The maximum Gasteiger partial charge on any atom is 0.409 e. The van der Waals surface area contributed by atoms with Crippen molar-refractivity contribution in [1.29, 1.82) is 0 Å². The second-order valence-corrected chi connectivity index (χ2v) is 6.91. The number of fused-ring (bicyclic) bond motifs is 1. The summed E-state index contributed by atoms with van der Waals surface area (Å²) in [6.07, 6.45) is -4.74. The highest BCUT2D eigenvalue weighted by atomic mass is 19.4. The maximum atomic E-state index is 13.9. The number of halogens is 3. The fraction of sp³-hybridized carbons (Fsp3) is 0.353. The number of hydrogen-bond acceptors (Lipinski definition) is 4. The Morgan fingerprint density at radius 3 is 2.46 bits per heavy atom. The monoisotopic (exact) mass is 367 g/mol. The third-order valence-corrected chi connectivity index (χ3v) is 4.43. The van der Waals surface area contributed by atoms with Gasteiger partial charge in [0.1, 0.15) is 0 Å². The number of benzene rings is 2. The topological polar surface area (TPSA) is 75.5 Å². The average molecular weight is 367 g/mol. The van der Waals surface area contributed by atoms with Gasteiger partial charge in [0.25, 0.3) is 5.69 Å². The molecule has 1 aliphatic rings. The molecular weight excluding hydrogens is 351 g/mol. The standard InChI is InChI=1S/C17H16F3N3O3/c1-16(2)9-22(21-15(16)24)14(17(18,19)20)13-8-11(23(25)26)7-10-5-3-4-6-12(10)13/h3-8,14H,9H2,1-2H3,(H,21,24). The zero-order valence-electron chi connectivity index (χ0n) is 14.0. The average Bonchev–Trinajstić information content (AvgIpc) is 2.78. The number of amides is 1. The number of hydrazine groups is 1. The van der Waals surface area contributed by atoms with E-state index in [1.54, 1.807) is 26.0 Å². The fourth-order valence-corrected chi connectivity index (χ4v) is 3.15. The molecule has 0 aromatic heterocycles. The molecular formula is C17H16F3N3O3. The molecule has 1 aliphatic heterocycles. The molecule has 0 spiro atoms. The Kier molecular flexibility index (Phi) is 4.14. The number of nitrogens with zero attached hydrogens (tertiary/aromatic N) is 2. The van der Waals surface area contributed by atoms with E-state index in [1.165, 1.54) is 18.2 Å². The first kappa shape index (κ1) is 18.1. The lowest BCUT2D eigenvalue weighted by atomic mass is 9.93. The highest BCUT2D eigenvalue weighted by molar-refractivity contribution is 5.89. The van der Waals surface area contributed by atoms with Gasteiger partial charge < -0.3 is 0 Å². The van der Waals surface area contributed by atoms with Crippen molar-refractivity contribution in [2.75, 3.05) is 6.54 Å². The molecule has 1 saturated heterocycles. The molecule has 1 atom stereocenters. The third kappa shape index (κ3) is 3.10. The summed E-state index contributed by atoms with van der Waals surface area (Å²) < 4.78 is 41.8. The Balaban J connectivity index is 2.22. The molecule has 1 N–H and O–H groups in total. The summed E-state index contributed by atoms with van der Waals surface area (Å²) in [6, 6.07) is 6.13. The first-order valence-corrected chi connectivity index (χ1v) is 7.82. The lowest BCUT2D eigenvalue weighted by Gasteiger charge is -2.30. The van der Waals surface area contributed by atoms with Crippen LogP contribution >= 0.6 is 0 Å². The minimum Gasteiger partial charge on any atom is -0.287 e. The number of hydrogen-bond donors (Lipinski definition) is 1. The van der Waals surface area contributed by atoms with Crippen LogP contribution in [-0.2, 0) is 4.79 Å². The summed E-state index contributed by atoms with van der Waals surface area (Å²) in [7, 11) is 0. The van der Waals surface area contributed by atoms with Gasteiger partial charge in [-0.2, -0.15) is 13.2 Å². The molecule has 1 fully saturated rings. The van der Waals surface area contributed by atoms with Gasteiger partial charge in [-0.3, -0.25) is 20.3 Å². The van der Waals surface area contributed by atoms with Crippen LogP contribution in [0, 0.1) is 15.5 Å². The zero-order valence-corrected chi connectivity index (χ0v) is 14.0. The number of non-ortho nitro benzene ring substituents is 1. The lowest BCUT2D eigenvalue weighted by Crippen LogP contribution is -2.43. The number of rotatable bonds is 3. The Bertz CT molecular complexity index is 896. The summed E-state index contributed by atoms with van der Waals surface area (Å²) in [4.78, 5) is 22.4. The number of alkyl halides is 3. The van der Waals surface area contributed by atoms with E-state index < -0.39 is 34.2 Å². The molecule has 2 aromatic carbocycles. The fourth-order valence-electron chi connectivity index (χ4n) is 3.15. The van der Waals surface area contributed by atoms with E-state index in [4.69, 9.17) is 0 Å². The van der Waals surface area contributed by atoms with E-state index in [2.05, 4.69) is 5.43 Å². The van der Waals surface area contributed by atoms with Crippen molar-refractivity contribution < 1.29 is 22.9 Å². The molecule has 1 unspecified atom stereocenters. The first-order valence-electron chi connectivity index (χ1n) is 7.82. The minimum absolute atomic E-state index is 0.174. The van der Waals surface area contributed by atoms with Gasteiger partial charge in [0, 0.05) is 18.7 Å². The minimum atomic E-state index is -4.74. The van der Waals surface area contributed by atoms with Gasteiger partial charge in [0.15, 0.2) is 6.04 Å². The molecule has 2 aromatic rings. The molecule has 3 rings (SSSR count). The Hall–Kier alpha value is -2.68. The van der Waals surface area contributed by atoms with Gasteiger partial charge in [-0.25, -0.2) is 5.01 Å². The Morgan fingerprint density at radius 2 is 1.92 bits per heavy atom. The van der Waals surface area contributed by atoms with E-state index in [0.717, 1.165) is 11.1 Å². The molecule has 26 heavy (non-hydrogen) atoms. The van der Waals surface area contributed by atoms with Crippen molar-refractivity contribution in [3.05, 3.63) is 52.1 Å². The number of nitro benzene ring substituents is 1. The molecule has 138 valence electrons. The van der Waals surface area contributed by atoms with Crippen LogP contribution in [0.15, 0.2) is 36.4 Å². The van der Waals surface area contributed by atoms with Crippen molar-refractivity contribution in [2.45, 2.75) is 26.1 Å². The van der Waals surface area contributed by atoms with Crippen LogP contribution in [0.4, 0.5) is 18.9 Å². The quantitative estimate of drug-likeness (QED) is 0.663. The van der Waals surface area contributed by atoms with Crippen LogP contribution in [0.25, 0.3) is 10.8 Å².